The fraction of sp³-hybridized carbons (Fsp3) is 0.615. The average Bonchev–Trinajstić information content (AvgIpc) is 2.45. The number of fused-ring (bicyclic) bond motifs is 2. The maximum atomic E-state index is 5.08. The van der Waals surface area contributed by atoms with E-state index in [2.05, 4.69) is 26.5 Å². The molecule has 2 saturated heterocycles. The number of ether oxygens (including phenoxy) is 1. The summed E-state index contributed by atoms with van der Waals surface area (Å²) in [5.74, 6) is 0.691. The highest BCUT2D eigenvalue weighted by Crippen LogP contribution is 2.35. The van der Waals surface area contributed by atoms with Crippen LogP contribution in [0.5, 0.6) is 5.88 Å². The number of hydrogen-bond acceptors (Lipinski definition) is 5. The molecule has 2 bridgehead atoms. The second-order valence-corrected chi connectivity index (χ2v) is 5.84. The molecule has 2 fully saturated rings. The van der Waals surface area contributed by atoms with Crippen molar-refractivity contribution in [3.8, 4) is 5.88 Å². The van der Waals surface area contributed by atoms with Crippen LogP contribution in [0.25, 0.3) is 0 Å². The van der Waals surface area contributed by atoms with Crippen LogP contribution in [0, 0.1) is 0 Å². The lowest BCUT2D eigenvalue weighted by molar-refractivity contribution is -0.0469. The zero-order valence-corrected chi connectivity index (χ0v) is 11.7. The molecule has 0 radical (unpaired) electrons. The van der Waals surface area contributed by atoms with E-state index in [1.54, 1.807) is 7.11 Å². The first-order valence-corrected chi connectivity index (χ1v) is 7.52. The Morgan fingerprint density at radius 1 is 1.39 bits per heavy atom. The predicted molar refractivity (Wildman–Crippen MR) is 73.6 cm³/mol. The van der Waals surface area contributed by atoms with Crippen LogP contribution in [-0.2, 0) is 6.54 Å². The number of methoxy groups -OCH3 is 1. The number of hydrogen-bond donors (Lipinski definition) is 0. The molecule has 1 aromatic heterocycles. The Hall–Kier alpha value is -0.780. The van der Waals surface area contributed by atoms with Crippen LogP contribution < -0.4 is 4.74 Å². The molecule has 0 aromatic carbocycles. The summed E-state index contributed by atoms with van der Waals surface area (Å²) in [5, 5.41) is 0. The summed E-state index contributed by atoms with van der Waals surface area (Å²) in [6.45, 7) is 3.41. The van der Waals surface area contributed by atoms with E-state index in [0.717, 1.165) is 18.6 Å². The molecule has 18 heavy (non-hydrogen) atoms. The van der Waals surface area contributed by atoms with E-state index in [1.807, 2.05) is 24.2 Å². The summed E-state index contributed by atoms with van der Waals surface area (Å²) >= 11 is 1.87. The first kappa shape index (κ1) is 12.3. The van der Waals surface area contributed by atoms with Crippen LogP contribution >= 0.6 is 11.9 Å². The highest BCUT2D eigenvalue weighted by Gasteiger charge is 2.44. The van der Waals surface area contributed by atoms with Gasteiger partial charge in [-0.2, -0.15) is 0 Å². The summed E-state index contributed by atoms with van der Waals surface area (Å²) < 4.78 is 7.56. The number of pyridine rings is 1. The molecule has 98 valence electrons. The van der Waals surface area contributed by atoms with Gasteiger partial charge in [0.2, 0.25) is 5.88 Å². The molecule has 3 rings (SSSR count). The maximum Gasteiger partial charge on any atom is 0.212 e. The van der Waals surface area contributed by atoms with Crippen LogP contribution in [0.15, 0.2) is 18.3 Å². The second-order valence-electron chi connectivity index (χ2n) is 4.95. The highest BCUT2D eigenvalue weighted by molar-refractivity contribution is 7.96. The van der Waals surface area contributed by atoms with E-state index < -0.39 is 0 Å². The summed E-state index contributed by atoms with van der Waals surface area (Å²) in [5.41, 5.74) is 1.28. The van der Waals surface area contributed by atoms with E-state index >= 15 is 0 Å². The van der Waals surface area contributed by atoms with Gasteiger partial charge < -0.3 is 4.74 Å². The molecule has 2 atom stereocenters. The number of piperazine rings is 1. The largest absolute Gasteiger partial charge is 0.481 e. The van der Waals surface area contributed by atoms with E-state index in [-0.39, 0.29) is 0 Å². The molecule has 5 heteroatoms. The van der Waals surface area contributed by atoms with E-state index in [0.29, 0.717) is 5.88 Å². The van der Waals surface area contributed by atoms with E-state index in [4.69, 9.17) is 4.74 Å². The standard InChI is InChI=1S/C13H19N3OS/c1-17-13-4-3-10(6-14-13)7-16-11-5-12(16)9-15(8-11)18-2/h3-4,6,11-12H,5,7-9H2,1-2H3. The summed E-state index contributed by atoms with van der Waals surface area (Å²) in [6.07, 6.45) is 5.46. The van der Waals surface area contributed by atoms with Crippen molar-refractivity contribution in [1.29, 1.82) is 0 Å². The number of piperidine rings is 1. The highest BCUT2D eigenvalue weighted by atomic mass is 32.2. The van der Waals surface area contributed by atoms with Gasteiger partial charge in [0.05, 0.1) is 7.11 Å². The first-order chi connectivity index (χ1) is 8.80. The van der Waals surface area contributed by atoms with Crippen molar-refractivity contribution in [1.82, 2.24) is 14.2 Å². The molecule has 3 heterocycles. The molecule has 0 spiro atoms. The lowest BCUT2D eigenvalue weighted by atomic mass is 9.88. The minimum Gasteiger partial charge on any atom is -0.481 e. The third-order valence-electron chi connectivity index (χ3n) is 3.94. The minimum atomic E-state index is 0.691. The van der Waals surface area contributed by atoms with Gasteiger partial charge in [0, 0.05) is 44.0 Å². The van der Waals surface area contributed by atoms with Crippen LogP contribution in [-0.4, -0.2) is 52.7 Å². The SMILES string of the molecule is COc1ccc(CN2C3CC2CN(SC)C3)cn1. The number of nitrogens with zero attached hydrogens (tertiary/aromatic N) is 3. The number of aromatic nitrogens is 1. The Kier molecular flexibility index (Phi) is 3.46. The molecule has 1 aromatic rings. The molecule has 2 aliphatic rings. The smallest absolute Gasteiger partial charge is 0.212 e. The van der Waals surface area contributed by atoms with Crippen molar-refractivity contribution in [2.45, 2.75) is 25.0 Å². The Bertz CT molecular complexity index is 399. The van der Waals surface area contributed by atoms with Crippen molar-refractivity contribution < 1.29 is 4.74 Å². The summed E-state index contributed by atoms with van der Waals surface area (Å²) in [4.78, 5) is 6.88. The van der Waals surface area contributed by atoms with Gasteiger partial charge in [0.25, 0.3) is 0 Å². The van der Waals surface area contributed by atoms with Gasteiger partial charge in [-0.25, -0.2) is 9.29 Å². The van der Waals surface area contributed by atoms with Crippen molar-refractivity contribution >= 4 is 11.9 Å². The Labute approximate surface area is 112 Å². The Balaban J connectivity index is 1.61. The molecular formula is C13H19N3OS. The molecule has 0 saturated carbocycles. The molecular weight excluding hydrogens is 246 g/mol. The fourth-order valence-corrected chi connectivity index (χ4v) is 3.53. The van der Waals surface area contributed by atoms with Crippen molar-refractivity contribution in [3.05, 3.63) is 23.9 Å². The molecule has 0 N–H and O–H groups in total. The second kappa shape index (κ2) is 5.07. The van der Waals surface area contributed by atoms with Gasteiger partial charge in [-0.1, -0.05) is 18.0 Å². The van der Waals surface area contributed by atoms with Crippen LogP contribution in [0.2, 0.25) is 0 Å². The fourth-order valence-electron chi connectivity index (χ4n) is 2.89. The topological polar surface area (TPSA) is 28.6 Å². The predicted octanol–water partition coefficient (Wildman–Crippen LogP) is 1.63. The average molecular weight is 265 g/mol. The Morgan fingerprint density at radius 2 is 2.17 bits per heavy atom. The van der Waals surface area contributed by atoms with Gasteiger partial charge in [-0.3, -0.25) is 4.90 Å². The molecule has 2 unspecified atom stereocenters. The van der Waals surface area contributed by atoms with Gasteiger partial charge in [0.1, 0.15) is 0 Å². The lowest BCUT2D eigenvalue weighted by Gasteiger charge is -2.56. The van der Waals surface area contributed by atoms with Gasteiger partial charge in [-0.15, -0.1) is 0 Å². The van der Waals surface area contributed by atoms with Crippen molar-refractivity contribution in [2.24, 2.45) is 0 Å². The van der Waals surface area contributed by atoms with Gasteiger partial charge in [-0.05, 0) is 18.2 Å². The van der Waals surface area contributed by atoms with Crippen LogP contribution in [0.1, 0.15) is 12.0 Å². The monoisotopic (exact) mass is 265 g/mol. The summed E-state index contributed by atoms with van der Waals surface area (Å²) in [6, 6.07) is 5.53. The minimum absolute atomic E-state index is 0.691. The first-order valence-electron chi connectivity index (χ1n) is 6.34. The maximum absolute atomic E-state index is 5.08. The third-order valence-corrected chi connectivity index (χ3v) is 4.76. The number of likely N-dealkylation sites (tertiary alicyclic amines) is 1. The van der Waals surface area contributed by atoms with E-state index in [9.17, 15) is 0 Å². The quantitative estimate of drug-likeness (QED) is 0.772. The van der Waals surface area contributed by atoms with Crippen molar-refractivity contribution in [2.75, 3.05) is 26.5 Å². The molecule has 0 amide bonds. The van der Waals surface area contributed by atoms with Crippen LogP contribution in [0.3, 0.4) is 0 Å². The number of rotatable bonds is 4. The third kappa shape index (κ3) is 2.22. The lowest BCUT2D eigenvalue weighted by Crippen LogP contribution is -2.66. The van der Waals surface area contributed by atoms with Crippen molar-refractivity contribution in [3.63, 3.8) is 0 Å². The normalized spacial score (nSPS) is 27.9. The zero-order valence-electron chi connectivity index (χ0n) is 10.9. The van der Waals surface area contributed by atoms with Gasteiger partial charge in [0.15, 0.2) is 0 Å². The summed E-state index contributed by atoms with van der Waals surface area (Å²) in [7, 11) is 1.65. The molecule has 0 aliphatic carbocycles. The Morgan fingerprint density at radius 3 is 2.72 bits per heavy atom. The van der Waals surface area contributed by atoms with Crippen LogP contribution in [0.4, 0.5) is 0 Å². The molecule has 4 nitrogen and oxygen atoms in total. The molecule has 2 aliphatic heterocycles. The van der Waals surface area contributed by atoms with E-state index in [1.165, 1.54) is 25.1 Å². The zero-order chi connectivity index (χ0) is 12.5. The van der Waals surface area contributed by atoms with Gasteiger partial charge >= 0.3 is 0 Å².